The van der Waals surface area contributed by atoms with Crippen molar-refractivity contribution < 1.29 is 23.8 Å². The molecule has 1 N–H and O–H groups in total. The first kappa shape index (κ1) is 25.0. The molecule has 0 radical (unpaired) electrons. The van der Waals surface area contributed by atoms with Crippen LogP contribution in [0.1, 0.15) is 53.7 Å². The number of hydrogen-bond donors (Lipinski definition) is 1. The van der Waals surface area contributed by atoms with Crippen LogP contribution in [0.3, 0.4) is 0 Å². The molecule has 2 amide bonds. The number of fused-ring (bicyclic) bond motifs is 3. The second kappa shape index (κ2) is 10.3. The maximum atomic E-state index is 13.4. The van der Waals surface area contributed by atoms with Crippen LogP contribution >= 0.6 is 0 Å². The highest BCUT2D eigenvalue weighted by Crippen LogP contribution is 2.50. The number of nitrogens with one attached hydrogen (secondary N) is 1. The fourth-order valence-corrected chi connectivity index (χ4v) is 5.16. The van der Waals surface area contributed by atoms with Crippen molar-refractivity contribution in [1.29, 1.82) is 0 Å². The summed E-state index contributed by atoms with van der Waals surface area (Å²) in [6.45, 7) is 9.27. The van der Waals surface area contributed by atoms with Gasteiger partial charge in [0.15, 0.2) is 16.9 Å². The van der Waals surface area contributed by atoms with Crippen molar-refractivity contribution in [2.24, 2.45) is 0 Å². The molecule has 0 unspecified atom stereocenters. The van der Waals surface area contributed by atoms with E-state index in [9.17, 15) is 14.4 Å². The summed E-state index contributed by atoms with van der Waals surface area (Å²) in [5.74, 6) is 0.665. The van der Waals surface area contributed by atoms with Crippen molar-refractivity contribution in [1.82, 2.24) is 10.2 Å². The molecule has 1 aliphatic heterocycles. The number of nitrogens with zero attached hydrogens (tertiary/aromatic N) is 2. The summed E-state index contributed by atoms with van der Waals surface area (Å²) in [6.07, 6.45) is 1.85. The molecule has 0 spiro atoms. The summed E-state index contributed by atoms with van der Waals surface area (Å²) < 4.78 is 16.9. The third-order valence-electron chi connectivity index (χ3n) is 6.78. The molecular formula is C27H29N3O6. The molecule has 1 fully saturated rings. The molecular weight excluding hydrogens is 462 g/mol. The standard InChI is InChI=1S/C27H29N3O6/c1-15(31)29-20-11-8-16-13-22(34-3)25(35-4)26(36-5)24(16)17-9-10-18(21(32)14-19(17)20)27(33)30-12-6-7-23(30)28-2/h9-10,13-14,20,23H,6-8,11-12H2,1,3-5H3,(H,29,31)/t20-,23-/m0/s1. The van der Waals surface area contributed by atoms with Gasteiger partial charge in [0, 0.05) is 25.5 Å². The van der Waals surface area contributed by atoms with E-state index in [4.69, 9.17) is 20.8 Å². The van der Waals surface area contributed by atoms with Crippen molar-refractivity contribution in [2.45, 2.75) is 44.8 Å². The van der Waals surface area contributed by atoms with Gasteiger partial charge >= 0.3 is 6.17 Å². The van der Waals surface area contributed by atoms with E-state index < -0.39 is 23.5 Å². The first-order valence-corrected chi connectivity index (χ1v) is 11.8. The molecule has 188 valence electrons. The van der Waals surface area contributed by atoms with Gasteiger partial charge in [0.05, 0.1) is 32.9 Å². The topological polar surface area (TPSA) is 98.5 Å². The zero-order valence-electron chi connectivity index (χ0n) is 20.8. The largest absolute Gasteiger partial charge is 0.493 e. The molecule has 2 atom stereocenters. The number of rotatable bonds is 5. The number of amides is 2. The SMILES string of the molecule is [C-]#[N+][C@@H]1CCCN1C(=O)c1ccc2c(cc1=O)[C@@H](NC(C)=O)CCc1cc(OC)c(OC)c(OC)c1-2. The maximum absolute atomic E-state index is 13.4. The molecule has 1 saturated heterocycles. The average molecular weight is 492 g/mol. The Morgan fingerprint density at radius 3 is 2.47 bits per heavy atom. The fourth-order valence-electron chi connectivity index (χ4n) is 5.16. The molecule has 0 bridgehead atoms. The fraction of sp³-hybridized carbons (Fsp3) is 0.407. The van der Waals surface area contributed by atoms with Crippen LogP contribution in [0.25, 0.3) is 16.0 Å². The lowest BCUT2D eigenvalue weighted by Crippen LogP contribution is -2.36. The predicted molar refractivity (Wildman–Crippen MR) is 133 cm³/mol. The average Bonchev–Trinajstić information content (AvgIpc) is 3.22. The van der Waals surface area contributed by atoms with Crippen LogP contribution in [-0.4, -0.2) is 50.8 Å². The van der Waals surface area contributed by atoms with E-state index in [1.165, 1.54) is 38.2 Å². The van der Waals surface area contributed by atoms with Crippen molar-refractivity contribution in [3.8, 4) is 28.4 Å². The number of benzene rings is 1. The van der Waals surface area contributed by atoms with E-state index in [-0.39, 0.29) is 11.5 Å². The van der Waals surface area contributed by atoms with Gasteiger partial charge in [0.1, 0.15) is 0 Å². The molecule has 0 saturated carbocycles. The Labute approximate surface area is 209 Å². The smallest absolute Gasteiger partial charge is 0.300 e. The first-order chi connectivity index (χ1) is 17.3. The van der Waals surface area contributed by atoms with Gasteiger partial charge in [0.2, 0.25) is 11.7 Å². The molecule has 9 nitrogen and oxygen atoms in total. The Bertz CT molecular complexity index is 1320. The van der Waals surface area contributed by atoms with Crippen LogP contribution in [0, 0.1) is 6.57 Å². The molecule has 2 aromatic rings. The summed E-state index contributed by atoms with van der Waals surface area (Å²) in [6, 6.07) is 6.08. The molecule has 1 aliphatic carbocycles. The van der Waals surface area contributed by atoms with Gasteiger partial charge in [-0.3, -0.25) is 24.1 Å². The molecule has 1 heterocycles. The van der Waals surface area contributed by atoms with Crippen LogP contribution in [0.4, 0.5) is 0 Å². The molecule has 2 aromatic carbocycles. The van der Waals surface area contributed by atoms with Crippen LogP contribution < -0.4 is 25.0 Å². The Hall–Kier alpha value is -4.06. The quantitative estimate of drug-likeness (QED) is 0.645. The lowest BCUT2D eigenvalue weighted by atomic mass is 9.95. The monoisotopic (exact) mass is 491 g/mol. The lowest BCUT2D eigenvalue weighted by Gasteiger charge is -2.19. The highest BCUT2D eigenvalue weighted by molar-refractivity contribution is 5.95. The second-order valence-electron chi connectivity index (χ2n) is 8.85. The van der Waals surface area contributed by atoms with Crippen molar-refractivity contribution >= 4 is 11.8 Å². The lowest BCUT2D eigenvalue weighted by molar-refractivity contribution is -0.119. The minimum atomic E-state index is -0.565. The number of aryl methyl sites for hydroxylation is 1. The van der Waals surface area contributed by atoms with Crippen molar-refractivity contribution in [3.63, 3.8) is 0 Å². The minimum Gasteiger partial charge on any atom is -0.493 e. The van der Waals surface area contributed by atoms with Gasteiger partial charge in [-0.25, -0.2) is 6.57 Å². The van der Waals surface area contributed by atoms with Crippen molar-refractivity contribution in [2.75, 3.05) is 27.9 Å². The van der Waals surface area contributed by atoms with Crippen LogP contribution in [0.15, 0.2) is 29.1 Å². The highest BCUT2D eigenvalue weighted by atomic mass is 16.5. The zero-order valence-corrected chi connectivity index (χ0v) is 20.8. The number of carbonyl (C=O) groups excluding carboxylic acids is 2. The summed E-state index contributed by atoms with van der Waals surface area (Å²) >= 11 is 0. The summed E-state index contributed by atoms with van der Waals surface area (Å²) in [5.41, 5.74) is 2.38. The van der Waals surface area contributed by atoms with E-state index in [2.05, 4.69) is 10.2 Å². The molecule has 2 aliphatic rings. The number of methoxy groups -OCH3 is 3. The van der Waals surface area contributed by atoms with Gasteiger partial charge in [0.25, 0.3) is 5.91 Å². The summed E-state index contributed by atoms with van der Waals surface area (Å²) in [7, 11) is 4.60. The first-order valence-electron chi connectivity index (χ1n) is 11.8. The maximum Gasteiger partial charge on any atom is 0.300 e. The second-order valence-corrected chi connectivity index (χ2v) is 8.85. The molecule has 9 heteroatoms. The third-order valence-corrected chi connectivity index (χ3v) is 6.78. The Balaban J connectivity index is 1.99. The van der Waals surface area contributed by atoms with Gasteiger partial charge in [-0.05, 0) is 54.2 Å². The molecule has 0 aromatic heterocycles. The number of carbonyl (C=O) groups is 2. The number of likely N-dealkylation sites (tertiary alicyclic amines) is 1. The van der Waals surface area contributed by atoms with E-state index in [1.54, 1.807) is 13.2 Å². The summed E-state index contributed by atoms with van der Waals surface area (Å²) in [4.78, 5) is 43.8. The third kappa shape index (κ3) is 4.35. The minimum absolute atomic E-state index is 0.0128. The van der Waals surface area contributed by atoms with E-state index in [0.29, 0.717) is 59.7 Å². The summed E-state index contributed by atoms with van der Waals surface area (Å²) in [5, 5.41) is 2.95. The Morgan fingerprint density at radius 2 is 1.83 bits per heavy atom. The van der Waals surface area contributed by atoms with Crippen LogP contribution in [-0.2, 0) is 11.2 Å². The van der Waals surface area contributed by atoms with E-state index in [1.807, 2.05) is 6.07 Å². The normalized spacial score (nSPS) is 18.2. The Morgan fingerprint density at radius 1 is 1.08 bits per heavy atom. The van der Waals surface area contributed by atoms with Gasteiger partial charge in [-0.1, -0.05) is 6.07 Å². The van der Waals surface area contributed by atoms with Gasteiger partial charge in [-0.15, -0.1) is 0 Å². The number of ether oxygens (including phenoxy) is 3. The van der Waals surface area contributed by atoms with Gasteiger partial charge in [-0.2, -0.15) is 0 Å². The Kier molecular flexibility index (Phi) is 7.15. The van der Waals surface area contributed by atoms with Gasteiger partial charge < -0.3 is 19.5 Å². The molecule has 4 rings (SSSR count). The molecule has 36 heavy (non-hydrogen) atoms. The predicted octanol–water partition coefficient (Wildman–Crippen LogP) is 3.34. The van der Waals surface area contributed by atoms with Crippen molar-refractivity contribution in [3.05, 3.63) is 62.6 Å². The number of hydrogen-bond acceptors (Lipinski definition) is 6. The van der Waals surface area contributed by atoms with Crippen LogP contribution in [0.2, 0.25) is 0 Å². The highest BCUT2D eigenvalue weighted by Gasteiger charge is 2.35. The van der Waals surface area contributed by atoms with E-state index in [0.717, 1.165) is 12.0 Å². The zero-order chi connectivity index (χ0) is 26.0. The van der Waals surface area contributed by atoms with Crippen LogP contribution in [0.5, 0.6) is 17.2 Å². The van der Waals surface area contributed by atoms with E-state index >= 15 is 0 Å².